The molecule has 3 unspecified atom stereocenters. The molecule has 2 saturated heterocycles. The molecule has 28 heavy (non-hydrogen) atoms. The van der Waals surface area contributed by atoms with Gasteiger partial charge in [0.15, 0.2) is 5.96 Å². The number of benzene rings is 1. The van der Waals surface area contributed by atoms with Crippen LogP contribution in [0.5, 0.6) is 0 Å². The molecule has 1 amide bonds. The number of ether oxygens (including phenoxy) is 1. The van der Waals surface area contributed by atoms with E-state index in [0.717, 1.165) is 51.5 Å². The maximum absolute atomic E-state index is 11.9. The van der Waals surface area contributed by atoms with Crippen LogP contribution >= 0.6 is 0 Å². The highest BCUT2D eigenvalue weighted by Gasteiger charge is 2.29. The third-order valence-corrected chi connectivity index (χ3v) is 5.79. The van der Waals surface area contributed by atoms with Crippen LogP contribution in [0, 0.1) is 12.8 Å². The van der Waals surface area contributed by atoms with Gasteiger partial charge in [0.05, 0.1) is 6.10 Å². The first-order valence-electron chi connectivity index (χ1n) is 10.5. The van der Waals surface area contributed by atoms with Crippen molar-refractivity contribution in [2.24, 2.45) is 10.9 Å². The Hall–Kier alpha value is -2.08. The number of nitrogens with one attached hydrogen (secondary N) is 2. The molecule has 0 saturated carbocycles. The summed E-state index contributed by atoms with van der Waals surface area (Å²) >= 11 is 0. The van der Waals surface area contributed by atoms with Gasteiger partial charge >= 0.3 is 0 Å². The van der Waals surface area contributed by atoms with Gasteiger partial charge < -0.3 is 20.3 Å². The molecule has 0 bridgehead atoms. The smallest absolute Gasteiger partial charge is 0.222 e. The van der Waals surface area contributed by atoms with E-state index >= 15 is 0 Å². The van der Waals surface area contributed by atoms with Gasteiger partial charge in [0.1, 0.15) is 0 Å². The molecule has 3 atom stereocenters. The molecular formula is C22H34N4O2. The van der Waals surface area contributed by atoms with Crippen molar-refractivity contribution in [3.8, 4) is 0 Å². The van der Waals surface area contributed by atoms with Crippen molar-refractivity contribution in [2.45, 2.75) is 51.7 Å². The minimum atomic E-state index is 0.129. The number of carbonyl (C=O) groups excluding carboxylic acids is 1. The predicted octanol–water partition coefficient (Wildman–Crippen LogP) is 2.64. The summed E-state index contributed by atoms with van der Waals surface area (Å²) in [6, 6.07) is 8.94. The molecule has 0 radical (unpaired) electrons. The van der Waals surface area contributed by atoms with E-state index in [0.29, 0.717) is 12.3 Å². The largest absolute Gasteiger partial charge is 0.373 e. The lowest BCUT2D eigenvalue weighted by Crippen LogP contribution is -2.47. The topological polar surface area (TPSA) is 66.0 Å². The monoisotopic (exact) mass is 386 g/mol. The second-order valence-electron chi connectivity index (χ2n) is 7.88. The Labute approximate surface area is 168 Å². The minimum absolute atomic E-state index is 0.129. The first kappa shape index (κ1) is 20.6. The van der Waals surface area contributed by atoms with Crippen molar-refractivity contribution in [2.75, 3.05) is 33.3 Å². The predicted molar refractivity (Wildman–Crippen MR) is 112 cm³/mol. The van der Waals surface area contributed by atoms with Crippen LogP contribution in [-0.2, 0) is 9.53 Å². The highest BCUT2D eigenvalue weighted by atomic mass is 16.5. The summed E-state index contributed by atoms with van der Waals surface area (Å²) in [5.41, 5.74) is 2.52. The molecule has 6 nitrogen and oxygen atoms in total. The van der Waals surface area contributed by atoms with Crippen LogP contribution in [0.2, 0.25) is 0 Å². The molecule has 1 aromatic rings. The van der Waals surface area contributed by atoms with Crippen LogP contribution < -0.4 is 10.6 Å². The van der Waals surface area contributed by atoms with Crippen LogP contribution in [0.1, 0.15) is 49.8 Å². The molecule has 154 valence electrons. The molecule has 1 aromatic carbocycles. The Morgan fingerprint density at radius 3 is 2.79 bits per heavy atom. The summed E-state index contributed by atoms with van der Waals surface area (Å²) in [4.78, 5) is 18.2. The Morgan fingerprint density at radius 2 is 2.07 bits per heavy atom. The van der Waals surface area contributed by atoms with E-state index in [1.165, 1.54) is 11.1 Å². The van der Waals surface area contributed by atoms with E-state index in [2.05, 4.69) is 46.8 Å². The van der Waals surface area contributed by atoms with Gasteiger partial charge in [-0.1, -0.05) is 36.8 Å². The van der Waals surface area contributed by atoms with Gasteiger partial charge in [-0.05, 0) is 31.7 Å². The highest BCUT2D eigenvalue weighted by molar-refractivity contribution is 5.80. The molecular weight excluding hydrogens is 352 g/mol. The number of amides is 1. The number of hydrogen-bond acceptors (Lipinski definition) is 3. The van der Waals surface area contributed by atoms with Gasteiger partial charge in [-0.25, -0.2) is 0 Å². The molecule has 2 fully saturated rings. The third kappa shape index (κ3) is 5.25. The highest BCUT2D eigenvalue weighted by Crippen LogP contribution is 2.33. The van der Waals surface area contributed by atoms with Gasteiger partial charge in [0.2, 0.25) is 5.91 Å². The van der Waals surface area contributed by atoms with Gasteiger partial charge in [0.25, 0.3) is 0 Å². The molecule has 2 aliphatic heterocycles. The van der Waals surface area contributed by atoms with E-state index < -0.39 is 0 Å². The zero-order chi connectivity index (χ0) is 19.9. The lowest BCUT2D eigenvalue weighted by atomic mass is 9.89. The fraction of sp³-hybridized carbons (Fsp3) is 0.636. The number of aryl methyl sites for hydroxylation is 1. The normalized spacial score (nSPS) is 25.6. The lowest BCUT2D eigenvalue weighted by Gasteiger charge is -2.33. The van der Waals surface area contributed by atoms with Crippen LogP contribution in [0.15, 0.2) is 29.3 Å². The van der Waals surface area contributed by atoms with E-state index in [1.54, 1.807) is 7.05 Å². The third-order valence-electron chi connectivity index (χ3n) is 5.79. The lowest BCUT2D eigenvalue weighted by molar-refractivity contribution is -0.129. The summed E-state index contributed by atoms with van der Waals surface area (Å²) in [6.07, 6.45) is 3.90. The average Bonchev–Trinajstić information content (AvgIpc) is 3.20. The second kappa shape index (κ2) is 9.92. The maximum atomic E-state index is 11.9. The molecule has 2 heterocycles. The second-order valence-corrected chi connectivity index (χ2v) is 7.88. The zero-order valence-electron chi connectivity index (χ0n) is 17.4. The Bertz CT molecular complexity index is 674. The number of carbonyl (C=O) groups is 1. The van der Waals surface area contributed by atoms with Crippen LogP contribution in [0.25, 0.3) is 0 Å². The van der Waals surface area contributed by atoms with Crippen molar-refractivity contribution in [3.63, 3.8) is 0 Å². The SMILES string of the molecule is CCC(=O)N1CCC(NC(=NC)NCC2CCCOC2c2ccc(C)cc2)C1. The average molecular weight is 387 g/mol. The summed E-state index contributed by atoms with van der Waals surface area (Å²) in [5.74, 6) is 1.45. The molecule has 2 N–H and O–H groups in total. The Balaban J connectivity index is 1.53. The summed E-state index contributed by atoms with van der Waals surface area (Å²) in [5, 5.41) is 6.97. The summed E-state index contributed by atoms with van der Waals surface area (Å²) in [7, 11) is 1.80. The number of aliphatic imine (C=N–C) groups is 1. The van der Waals surface area contributed by atoms with E-state index in [4.69, 9.17) is 4.74 Å². The minimum Gasteiger partial charge on any atom is -0.373 e. The van der Waals surface area contributed by atoms with E-state index in [1.807, 2.05) is 11.8 Å². The number of hydrogen-bond donors (Lipinski definition) is 2. The van der Waals surface area contributed by atoms with Crippen molar-refractivity contribution >= 4 is 11.9 Å². The van der Waals surface area contributed by atoms with Gasteiger partial charge in [-0.15, -0.1) is 0 Å². The van der Waals surface area contributed by atoms with Crippen LogP contribution in [-0.4, -0.2) is 56.1 Å². The molecule has 3 rings (SSSR count). The standard InChI is InChI=1S/C22H34N4O2/c1-4-20(27)26-12-11-19(15-26)25-22(23-3)24-14-18-6-5-13-28-21(18)17-9-7-16(2)8-10-17/h7-10,18-19,21H,4-6,11-15H2,1-3H3,(H2,23,24,25). The maximum Gasteiger partial charge on any atom is 0.222 e. The molecule has 6 heteroatoms. The number of nitrogens with zero attached hydrogens (tertiary/aromatic N) is 2. The molecule has 0 spiro atoms. The quantitative estimate of drug-likeness (QED) is 0.603. The fourth-order valence-electron chi connectivity index (χ4n) is 4.12. The first-order chi connectivity index (χ1) is 13.6. The van der Waals surface area contributed by atoms with Gasteiger partial charge in [-0.2, -0.15) is 0 Å². The van der Waals surface area contributed by atoms with Crippen molar-refractivity contribution in [1.82, 2.24) is 15.5 Å². The van der Waals surface area contributed by atoms with Crippen molar-refractivity contribution in [1.29, 1.82) is 0 Å². The number of rotatable bonds is 5. The fourth-order valence-corrected chi connectivity index (χ4v) is 4.12. The molecule has 2 aliphatic rings. The molecule has 0 aliphatic carbocycles. The zero-order valence-corrected chi connectivity index (χ0v) is 17.4. The summed E-state index contributed by atoms with van der Waals surface area (Å²) in [6.45, 7) is 7.26. The Kier molecular flexibility index (Phi) is 7.31. The van der Waals surface area contributed by atoms with E-state index in [-0.39, 0.29) is 18.1 Å². The number of guanidine groups is 1. The Morgan fingerprint density at radius 1 is 1.29 bits per heavy atom. The van der Waals surface area contributed by atoms with Crippen molar-refractivity contribution < 1.29 is 9.53 Å². The van der Waals surface area contributed by atoms with Gasteiger partial charge in [-0.3, -0.25) is 9.79 Å². The molecule has 0 aromatic heterocycles. The number of likely N-dealkylation sites (tertiary alicyclic amines) is 1. The van der Waals surface area contributed by atoms with Crippen molar-refractivity contribution in [3.05, 3.63) is 35.4 Å². The summed E-state index contributed by atoms with van der Waals surface area (Å²) < 4.78 is 6.12. The first-order valence-corrected chi connectivity index (χ1v) is 10.5. The van der Waals surface area contributed by atoms with Gasteiger partial charge in [0, 0.05) is 51.7 Å². The van der Waals surface area contributed by atoms with E-state index in [9.17, 15) is 4.79 Å². The van der Waals surface area contributed by atoms with Crippen LogP contribution in [0.3, 0.4) is 0 Å². The van der Waals surface area contributed by atoms with Crippen LogP contribution in [0.4, 0.5) is 0 Å².